The second-order valence-electron chi connectivity index (χ2n) is 5.13. The molecule has 7 heteroatoms. The number of ether oxygens (including phenoxy) is 1. The Balaban J connectivity index is 2.18. The number of carbonyl (C=O) groups excluding carboxylic acids is 1. The molecule has 6 nitrogen and oxygen atoms in total. The molecule has 0 spiro atoms. The predicted octanol–water partition coefficient (Wildman–Crippen LogP) is 2.70. The number of aromatic amines is 1. The van der Waals surface area contributed by atoms with Crippen LogP contribution in [0.15, 0.2) is 28.7 Å². The molecule has 2 aromatic rings. The van der Waals surface area contributed by atoms with Crippen molar-refractivity contribution in [3.8, 4) is 11.3 Å². The summed E-state index contributed by atoms with van der Waals surface area (Å²) in [4.78, 5) is 12.1. The number of carbonyl (C=O) groups is 1. The van der Waals surface area contributed by atoms with Crippen molar-refractivity contribution in [3.05, 3.63) is 34.3 Å². The van der Waals surface area contributed by atoms with Crippen molar-refractivity contribution in [1.82, 2.24) is 10.2 Å². The molecule has 23 heavy (non-hydrogen) atoms. The van der Waals surface area contributed by atoms with Crippen LogP contribution in [0.25, 0.3) is 11.3 Å². The maximum absolute atomic E-state index is 12.1. The van der Waals surface area contributed by atoms with Gasteiger partial charge in [-0.2, -0.15) is 5.10 Å². The fraction of sp³-hybridized carbons (Fsp3) is 0.375. The first kappa shape index (κ1) is 17.7. The second kappa shape index (κ2) is 8.24. The van der Waals surface area contributed by atoms with Gasteiger partial charge in [0.15, 0.2) is 5.82 Å². The topological polar surface area (TPSA) is 93.0 Å². The minimum atomic E-state index is -0.287. The number of hydrogen-bond acceptors (Lipinski definition) is 4. The van der Waals surface area contributed by atoms with Crippen molar-refractivity contribution in [2.24, 2.45) is 5.73 Å². The van der Waals surface area contributed by atoms with E-state index in [0.29, 0.717) is 12.4 Å². The molecular weight excluding hydrogens is 360 g/mol. The largest absolute Gasteiger partial charge is 0.380 e. The van der Waals surface area contributed by atoms with Gasteiger partial charge in [-0.15, -0.1) is 0 Å². The quantitative estimate of drug-likeness (QED) is 0.688. The second-order valence-corrected chi connectivity index (χ2v) is 6.05. The van der Waals surface area contributed by atoms with Crippen LogP contribution in [0, 0.1) is 0 Å². The fourth-order valence-corrected chi connectivity index (χ4v) is 2.59. The van der Waals surface area contributed by atoms with Gasteiger partial charge in [0, 0.05) is 23.7 Å². The number of H-pyrrole nitrogens is 1. The summed E-state index contributed by atoms with van der Waals surface area (Å²) in [5.41, 5.74) is 8.45. The lowest BCUT2D eigenvalue weighted by Crippen LogP contribution is -2.28. The normalized spacial score (nSPS) is 12.2. The average Bonchev–Trinajstić information content (AvgIpc) is 2.95. The Bertz CT molecular complexity index is 651. The number of nitrogens with one attached hydrogen (secondary N) is 2. The summed E-state index contributed by atoms with van der Waals surface area (Å²) in [6, 6.07) is 7.94. The van der Waals surface area contributed by atoms with Crippen LogP contribution in [0.1, 0.15) is 18.9 Å². The Morgan fingerprint density at radius 3 is 2.70 bits per heavy atom. The Hall–Kier alpha value is -1.70. The van der Waals surface area contributed by atoms with Gasteiger partial charge in [-0.05, 0) is 24.1 Å². The van der Waals surface area contributed by atoms with Crippen LogP contribution in [0.2, 0.25) is 0 Å². The van der Waals surface area contributed by atoms with Gasteiger partial charge in [0.05, 0.1) is 18.2 Å². The molecule has 1 atom stereocenters. The molecule has 0 bridgehead atoms. The molecule has 2 rings (SSSR count). The number of rotatable bonds is 7. The SMILES string of the molecule is CCc1c(NC(=O)CC(CN)OC)n[nH]c1-c1ccc(Br)cc1. The smallest absolute Gasteiger partial charge is 0.228 e. The molecule has 1 aromatic carbocycles. The van der Waals surface area contributed by atoms with Gasteiger partial charge in [0.25, 0.3) is 0 Å². The number of anilines is 1. The van der Waals surface area contributed by atoms with Crippen molar-refractivity contribution in [3.63, 3.8) is 0 Å². The first-order chi connectivity index (χ1) is 11.1. The first-order valence-electron chi connectivity index (χ1n) is 7.44. The van der Waals surface area contributed by atoms with E-state index in [4.69, 9.17) is 10.5 Å². The van der Waals surface area contributed by atoms with Gasteiger partial charge >= 0.3 is 0 Å². The van der Waals surface area contributed by atoms with Crippen LogP contribution < -0.4 is 11.1 Å². The minimum Gasteiger partial charge on any atom is -0.380 e. The number of nitrogens with zero attached hydrogens (tertiary/aromatic N) is 1. The van der Waals surface area contributed by atoms with E-state index in [-0.39, 0.29) is 18.4 Å². The summed E-state index contributed by atoms with van der Waals surface area (Å²) in [6.45, 7) is 2.33. The Morgan fingerprint density at radius 1 is 1.43 bits per heavy atom. The number of halogens is 1. The zero-order chi connectivity index (χ0) is 16.8. The number of aromatic nitrogens is 2. The highest BCUT2D eigenvalue weighted by Gasteiger charge is 2.17. The van der Waals surface area contributed by atoms with E-state index in [1.165, 1.54) is 0 Å². The van der Waals surface area contributed by atoms with Crippen molar-refractivity contribution >= 4 is 27.7 Å². The van der Waals surface area contributed by atoms with E-state index in [1.807, 2.05) is 31.2 Å². The number of hydrogen-bond donors (Lipinski definition) is 3. The molecule has 1 aromatic heterocycles. The Morgan fingerprint density at radius 2 is 2.13 bits per heavy atom. The monoisotopic (exact) mass is 380 g/mol. The van der Waals surface area contributed by atoms with Crippen LogP contribution in [-0.2, 0) is 16.0 Å². The van der Waals surface area contributed by atoms with E-state index < -0.39 is 0 Å². The van der Waals surface area contributed by atoms with Crippen molar-refractivity contribution < 1.29 is 9.53 Å². The molecular formula is C16H21BrN4O2. The van der Waals surface area contributed by atoms with Crippen LogP contribution >= 0.6 is 15.9 Å². The summed E-state index contributed by atoms with van der Waals surface area (Å²) in [5, 5.41) is 10.1. The zero-order valence-electron chi connectivity index (χ0n) is 13.2. The van der Waals surface area contributed by atoms with Gasteiger partial charge < -0.3 is 15.8 Å². The molecule has 0 aliphatic heterocycles. The van der Waals surface area contributed by atoms with Gasteiger partial charge in [0.2, 0.25) is 5.91 Å². The van der Waals surface area contributed by atoms with Gasteiger partial charge in [-0.25, -0.2) is 0 Å². The Labute approximate surface area is 143 Å². The molecule has 4 N–H and O–H groups in total. The third-order valence-electron chi connectivity index (χ3n) is 3.62. The first-order valence-corrected chi connectivity index (χ1v) is 8.24. The van der Waals surface area contributed by atoms with E-state index in [0.717, 1.165) is 27.7 Å². The summed E-state index contributed by atoms with van der Waals surface area (Å²) in [7, 11) is 1.54. The molecule has 1 unspecified atom stereocenters. The number of methoxy groups -OCH3 is 1. The molecule has 0 saturated carbocycles. The standard InChI is InChI=1S/C16H21BrN4O2/c1-3-13-15(10-4-6-11(17)7-5-10)20-21-16(13)19-14(22)8-12(9-18)23-2/h4-7,12H,3,8-9,18H2,1-2H3,(H2,19,20,21,22). The molecule has 1 amide bonds. The van der Waals surface area contributed by atoms with E-state index in [9.17, 15) is 4.79 Å². The zero-order valence-corrected chi connectivity index (χ0v) is 14.8. The number of amides is 1. The van der Waals surface area contributed by atoms with Gasteiger partial charge in [-0.1, -0.05) is 35.0 Å². The molecule has 0 fully saturated rings. The van der Waals surface area contributed by atoms with Crippen LogP contribution in [0.4, 0.5) is 5.82 Å². The molecule has 1 heterocycles. The van der Waals surface area contributed by atoms with E-state index in [1.54, 1.807) is 7.11 Å². The third-order valence-corrected chi connectivity index (χ3v) is 4.15. The third kappa shape index (κ3) is 4.40. The maximum atomic E-state index is 12.1. The molecule has 124 valence electrons. The maximum Gasteiger partial charge on any atom is 0.228 e. The lowest BCUT2D eigenvalue weighted by Gasteiger charge is -2.12. The van der Waals surface area contributed by atoms with Crippen molar-refractivity contribution in [2.75, 3.05) is 19.0 Å². The van der Waals surface area contributed by atoms with Gasteiger partial charge in [0.1, 0.15) is 0 Å². The summed E-state index contributed by atoms with van der Waals surface area (Å²) in [6.07, 6.45) is 0.670. The summed E-state index contributed by atoms with van der Waals surface area (Å²) >= 11 is 3.42. The van der Waals surface area contributed by atoms with Crippen molar-refractivity contribution in [2.45, 2.75) is 25.9 Å². The van der Waals surface area contributed by atoms with E-state index >= 15 is 0 Å². The van der Waals surface area contributed by atoms with Gasteiger partial charge in [-0.3, -0.25) is 9.89 Å². The highest BCUT2D eigenvalue weighted by molar-refractivity contribution is 9.10. The Kier molecular flexibility index (Phi) is 6.32. The number of nitrogens with two attached hydrogens (primary N) is 1. The average molecular weight is 381 g/mol. The molecule has 0 aliphatic carbocycles. The highest BCUT2D eigenvalue weighted by Crippen LogP contribution is 2.28. The minimum absolute atomic E-state index is 0.161. The van der Waals surface area contributed by atoms with E-state index in [2.05, 4.69) is 31.4 Å². The summed E-state index contributed by atoms with van der Waals surface area (Å²) in [5.74, 6) is 0.396. The lowest BCUT2D eigenvalue weighted by atomic mass is 10.1. The van der Waals surface area contributed by atoms with Crippen LogP contribution in [0.5, 0.6) is 0 Å². The molecule has 0 aliphatic rings. The summed E-state index contributed by atoms with van der Waals surface area (Å²) < 4.78 is 6.15. The molecule has 0 saturated heterocycles. The van der Waals surface area contributed by atoms with Crippen LogP contribution in [-0.4, -0.2) is 35.9 Å². The highest BCUT2D eigenvalue weighted by atomic mass is 79.9. The predicted molar refractivity (Wildman–Crippen MR) is 94.2 cm³/mol. The molecule has 0 radical (unpaired) electrons. The van der Waals surface area contributed by atoms with Crippen molar-refractivity contribution in [1.29, 1.82) is 0 Å². The lowest BCUT2D eigenvalue weighted by molar-refractivity contribution is -0.118. The van der Waals surface area contributed by atoms with Crippen LogP contribution in [0.3, 0.4) is 0 Å². The fourth-order valence-electron chi connectivity index (χ4n) is 2.32. The number of benzene rings is 1.